The van der Waals surface area contributed by atoms with Crippen molar-refractivity contribution < 1.29 is 0 Å². The van der Waals surface area contributed by atoms with Gasteiger partial charge in [0.2, 0.25) is 0 Å². The second-order valence-electron chi connectivity index (χ2n) is 39.6. The smallest absolute Gasteiger partial charge is 0.143 e. The Bertz CT molecular complexity index is 4870. The molecule has 13 aromatic heterocycles. The normalized spacial score (nSPS) is 13.3. The molecule has 0 radical (unpaired) electrons. The van der Waals surface area contributed by atoms with Crippen LogP contribution in [0.1, 0.15) is 275 Å². The molecule has 0 saturated carbocycles. The molecule has 117 heavy (non-hydrogen) atoms. The molecule has 11 nitrogen and oxygen atoms in total. The van der Waals surface area contributed by atoms with Crippen molar-refractivity contribution in [1.29, 1.82) is 0 Å². The van der Waals surface area contributed by atoms with Crippen molar-refractivity contribution in [2.75, 3.05) is 0 Å². The molecule has 3 aromatic carbocycles. The number of pyridine rings is 4. The van der Waals surface area contributed by atoms with Crippen molar-refractivity contribution in [3.8, 4) is 0 Å². The molecule has 620 valence electrons. The van der Waals surface area contributed by atoms with E-state index in [-0.39, 0.29) is 48.7 Å². The Labute approximate surface area is 726 Å². The standard InChI is InChI=1S/C12H15N.C12H14S.C11H18N2.C11H13NS.C11H17NS.2C11H13NS.2C10H12N2S/c1-12(2,3)11-8-4-6-10-7-5-9-13(10)11;1-12(2,3)11-8-9-6-4-5-7-10(9)13-11;1-11(2,3)10-8-9-6-4-5-7-13(9)12-10;1-11(2,3)9-7-8-5-4-6-12-10(8)13-9;3*1-11(2,3)10-12-8-6-4-5-7-9(8)13-10;1-10(2,3)9-12-7-4-5-11-6-8(7)13-9;1-10(2,3)9-12-7-5-4-6-11-8(7)13-9/h4-9H,1-3H3;4-8H,1-3H3;8H,4-7H2,1-3H3;4-7H,1-3H3;4-7H2,1-3H3;2*4-7H,1-3H3;2*4-6H,1-3H3. The minimum absolute atomic E-state index is 0.130. The van der Waals surface area contributed by atoms with E-state index in [0.717, 1.165) is 43.3 Å². The van der Waals surface area contributed by atoms with E-state index in [2.05, 4.69) is 357 Å². The number of nitrogens with zero attached hydrogens (tertiary/aromatic N) is 11. The van der Waals surface area contributed by atoms with Crippen LogP contribution in [0, 0.1) is 0 Å². The average molecular weight is 1700 g/mol. The van der Waals surface area contributed by atoms with Gasteiger partial charge in [0.1, 0.15) is 20.2 Å². The molecule has 1 aliphatic heterocycles. The van der Waals surface area contributed by atoms with E-state index < -0.39 is 0 Å². The number of hydrogen-bond acceptors (Lipinski definition) is 16. The van der Waals surface area contributed by atoms with E-state index in [1.807, 2.05) is 77.7 Å². The SMILES string of the molecule is CC(C)(C)c1cc2ccccc2s1.CC(C)(C)c1cc2cccnc2s1.CC(C)(C)c1cc2n(n1)CCCC2.CC(C)(C)c1cccc2cccn12.CC(C)(C)c1nc2c(s1)CCCC2.CC(C)(C)c1nc2ccccc2s1.CC(C)(C)c1nc2ccccc2s1.CC(C)(C)c1nc2cccnc2s1.CC(C)(C)c1nc2ccncc2s1. The predicted molar refractivity (Wildman–Crippen MR) is 515 cm³/mol. The molecule has 18 heteroatoms. The highest BCUT2D eigenvalue weighted by Gasteiger charge is 2.27. The van der Waals surface area contributed by atoms with E-state index in [9.17, 15) is 0 Å². The molecular weight excluding hydrogens is 1570 g/mol. The van der Waals surface area contributed by atoms with Crippen molar-refractivity contribution in [3.63, 3.8) is 0 Å². The summed E-state index contributed by atoms with van der Waals surface area (Å²) in [5, 5.41) is 13.4. The molecule has 0 unspecified atom stereocenters. The van der Waals surface area contributed by atoms with Crippen LogP contribution in [-0.2, 0) is 74.5 Å². The Hall–Kier alpha value is -7.81. The molecule has 0 amide bonds. The molecule has 0 bridgehead atoms. The van der Waals surface area contributed by atoms with Gasteiger partial charge in [-0.3, -0.25) is 9.67 Å². The second kappa shape index (κ2) is 37.9. The van der Waals surface area contributed by atoms with E-state index in [1.54, 1.807) is 67.8 Å². The molecule has 18 rings (SSSR count). The summed E-state index contributed by atoms with van der Waals surface area (Å²) in [6.45, 7) is 61.0. The van der Waals surface area contributed by atoms with Crippen LogP contribution in [0.25, 0.3) is 66.8 Å². The molecule has 16 aromatic rings. The van der Waals surface area contributed by atoms with Gasteiger partial charge in [0.25, 0.3) is 0 Å². The monoisotopic (exact) mass is 1690 g/mol. The lowest BCUT2D eigenvalue weighted by atomic mass is 9.91. The van der Waals surface area contributed by atoms with Gasteiger partial charge in [-0.15, -0.1) is 68.0 Å². The fourth-order valence-corrected chi connectivity index (χ4v) is 19.7. The Morgan fingerprint density at radius 1 is 0.325 bits per heavy atom. The topological polar surface area (TPSA) is 125 Å². The second-order valence-corrected chi connectivity index (χ2v) is 46.9. The largest absolute Gasteiger partial charge is 0.320 e. The highest BCUT2D eigenvalue weighted by molar-refractivity contribution is 7.20. The molecule has 0 atom stereocenters. The summed E-state index contributed by atoms with van der Waals surface area (Å²) >= 11 is 12.6. The molecule has 0 spiro atoms. The third-order valence-electron chi connectivity index (χ3n) is 19.2. The van der Waals surface area contributed by atoms with Crippen molar-refractivity contribution >= 4 is 146 Å². The van der Waals surface area contributed by atoms with Crippen LogP contribution in [0.3, 0.4) is 0 Å². The molecular formula is C99H127N11S7. The maximum Gasteiger partial charge on any atom is 0.143 e. The summed E-state index contributed by atoms with van der Waals surface area (Å²) < 4.78 is 9.57. The number of fused-ring (bicyclic) bond motifs is 9. The molecule has 0 fully saturated rings. The van der Waals surface area contributed by atoms with Gasteiger partial charge in [-0.05, 0) is 158 Å². The van der Waals surface area contributed by atoms with Gasteiger partial charge < -0.3 is 4.40 Å². The summed E-state index contributed by atoms with van der Waals surface area (Å²) in [6.07, 6.45) is 18.4. The van der Waals surface area contributed by atoms with Gasteiger partial charge in [-0.1, -0.05) is 253 Å². The Morgan fingerprint density at radius 3 is 1.32 bits per heavy atom. The van der Waals surface area contributed by atoms with Crippen LogP contribution < -0.4 is 0 Å². The lowest BCUT2D eigenvalue weighted by molar-refractivity contribution is 0.470. The first-order chi connectivity index (χ1) is 54.7. The first-order valence-electron chi connectivity index (χ1n) is 41.3. The summed E-state index contributed by atoms with van der Waals surface area (Å²) in [7, 11) is 0. The highest BCUT2D eigenvalue weighted by atomic mass is 32.1. The lowest BCUT2D eigenvalue weighted by Gasteiger charge is -2.20. The van der Waals surface area contributed by atoms with Crippen LogP contribution in [0.5, 0.6) is 0 Å². The zero-order valence-electron chi connectivity index (χ0n) is 74.8. The van der Waals surface area contributed by atoms with Gasteiger partial charge >= 0.3 is 0 Å². The molecule has 0 saturated heterocycles. The molecule has 1 aliphatic carbocycles. The first kappa shape index (κ1) is 91.5. The highest BCUT2D eigenvalue weighted by Crippen LogP contribution is 2.39. The maximum atomic E-state index is 4.74. The third kappa shape index (κ3) is 25.6. The number of aryl methyl sites for hydroxylation is 4. The van der Waals surface area contributed by atoms with Crippen molar-refractivity contribution in [2.45, 2.75) is 287 Å². The quantitative estimate of drug-likeness (QED) is 0.146. The number of rotatable bonds is 0. The number of benzene rings is 3. The minimum atomic E-state index is 0.130. The number of para-hydroxylation sites is 2. The number of hydrogen-bond donors (Lipinski definition) is 0. The zero-order valence-corrected chi connectivity index (χ0v) is 80.5. The fraction of sp³-hybridized carbons (Fsp3) is 0.444. The van der Waals surface area contributed by atoms with Crippen molar-refractivity contribution in [3.05, 3.63) is 245 Å². The van der Waals surface area contributed by atoms with E-state index in [1.165, 1.54) is 133 Å². The van der Waals surface area contributed by atoms with Gasteiger partial charge in [0, 0.05) is 117 Å². The number of aromatic nitrogens is 11. The third-order valence-corrected chi connectivity index (χ3v) is 29.6. The van der Waals surface area contributed by atoms with Gasteiger partial charge in [0.05, 0.1) is 62.1 Å². The van der Waals surface area contributed by atoms with Crippen LogP contribution in [-0.4, -0.2) is 54.1 Å². The molecule has 14 heterocycles. The number of thiazole rings is 5. The minimum Gasteiger partial charge on any atom is -0.320 e. The van der Waals surface area contributed by atoms with Crippen LogP contribution >= 0.6 is 79.4 Å². The Kier molecular flexibility index (Phi) is 29.6. The summed E-state index contributed by atoms with van der Waals surface area (Å²) in [4.78, 5) is 42.3. The van der Waals surface area contributed by atoms with Gasteiger partial charge in [0.15, 0.2) is 0 Å². The summed E-state index contributed by atoms with van der Waals surface area (Å²) in [6, 6.07) is 52.7. The maximum absolute atomic E-state index is 4.74. The Balaban J connectivity index is 0.000000139. The summed E-state index contributed by atoms with van der Waals surface area (Å²) in [5.41, 5.74) is 12.8. The average Bonchev–Trinajstić information content (AvgIpc) is 1.75. The van der Waals surface area contributed by atoms with Crippen molar-refractivity contribution in [1.82, 2.24) is 54.1 Å². The van der Waals surface area contributed by atoms with Crippen molar-refractivity contribution in [2.24, 2.45) is 0 Å². The van der Waals surface area contributed by atoms with Crippen LogP contribution in [0.15, 0.2) is 183 Å². The van der Waals surface area contributed by atoms with E-state index in [4.69, 9.17) is 4.98 Å². The summed E-state index contributed by atoms with van der Waals surface area (Å²) in [5.74, 6) is 0. The van der Waals surface area contributed by atoms with E-state index in [0.29, 0.717) is 0 Å². The van der Waals surface area contributed by atoms with Gasteiger partial charge in [-0.2, -0.15) is 5.10 Å². The van der Waals surface area contributed by atoms with Crippen LogP contribution in [0.4, 0.5) is 0 Å². The van der Waals surface area contributed by atoms with Crippen LogP contribution in [0.2, 0.25) is 0 Å². The van der Waals surface area contributed by atoms with Gasteiger partial charge in [-0.25, -0.2) is 34.9 Å². The lowest BCUT2D eigenvalue weighted by Crippen LogP contribution is -2.15. The molecule has 2 aliphatic rings. The first-order valence-corrected chi connectivity index (χ1v) is 47.0. The Morgan fingerprint density at radius 2 is 0.795 bits per heavy atom. The predicted octanol–water partition coefficient (Wildman–Crippen LogP) is 30.0. The molecule has 0 N–H and O–H groups in total. The number of thiophene rings is 2. The fourth-order valence-electron chi connectivity index (χ4n) is 12.3. The zero-order chi connectivity index (χ0) is 85.3. The van der Waals surface area contributed by atoms with E-state index >= 15 is 0 Å².